The van der Waals surface area contributed by atoms with Crippen molar-refractivity contribution in [1.29, 1.82) is 0 Å². The Morgan fingerprint density at radius 2 is 1.74 bits per heavy atom. The van der Waals surface area contributed by atoms with E-state index in [2.05, 4.69) is 10.6 Å². The molecule has 6 heteroatoms. The Balaban J connectivity index is 2.11. The molecule has 0 aliphatic rings. The van der Waals surface area contributed by atoms with Gasteiger partial charge in [0, 0.05) is 17.8 Å². The van der Waals surface area contributed by atoms with E-state index >= 15 is 0 Å². The summed E-state index contributed by atoms with van der Waals surface area (Å²) in [5.74, 6) is 0.298. The number of hydrogen-bond acceptors (Lipinski definition) is 3. The van der Waals surface area contributed by atoms with Crippen molar-refractivity contribution >= 4 is 35.3 Å². The Labute approximate surface area is 144 Å². The first-order valence-electron chi connectivity index (χ1n) is 7.03. The molecule has 120 valence electrons. The average molecular weight is 349 g/mol. The average Bonchev–Trinajstić information content (AvgIpc) is 2.57. The maximum atomic E-state index is 12.4. The van der Waals surface area contributed by atoms with Gasteiger partial charge in [0.2, 0.25) is 5.91 Å². The number of carbonyl (C=O) groups excluding carboxylic acids is 2. The Kier molecular flexibility index (Phi) is 6.50. The summed E-state index contributed by atoms with van der Waals surface area (Å²) in [6, 6.07) is 16.4. The van der Waals surface area contributed by atoms with Crippen LogP contribution in [-0.4, -0.2) is 19.0 Å². The minimum atomic E-state index is -0.511. The highest BCUT2D eigenvalue weighted by atomic mass is 35.5. The Morgan fingerprint density at radius 3 is 2.35 bits per heavy atom. The number of hydrogen-bond donors (Lipinski definition) is 2. The van der Waals surface area contributed by atoms with Gasteiger partial charge in [-0.2, -0.15) is 0 Å². The molecular weight excluding hydrogens is 332 g/mol. The van der Waals surface area contributed by atoms with Crippen LogP contribution in [0, 0.1) is 0 Å². The van der Waals surface area contributed by atoms with Crippen LogP contribution in [0.2, 0.25) is 5.02 Å². The maximum absolute atomic E-state index is 12.4. The van der Waals surface area contributed by atoms with E-state index in [0.717, 1.165) is 11.1 Å². The number of benzene rings is 2. The summed E-state index contributed by atoms with van der Waals surface area (Å²) >= 11 is 7.34. The van der Waals surface area contributed by atoms with Crippen molar-refractivity contribution in [1.82, 2.24) is 10.6 Å². The molecular formula is C17H17ClN2O2S. The van der Waals surface area contributed by atoms with Gasteiger partial charge in [-0.15, -0.1) is 11.8 Å². The molecule has 0 fully saturated rings. The van der Waals surface area contributed by atoms with Gasteiger partial charge in [-0.3, -0.25) is 10.1 Å². The molecule has 0 saturated carbocycles. The molecule has 4 nitrogen and oxygen atoms in total. The molecule has 1 atom stereocenters. The number of halogens is 1. The quantitative estimate of drug-likeness (QED) is 0.864. The third kappa shape index (κ3) is 5.30. The number of carbonyl (C=O) groups is 2. The van der Waals surface area contributed by atoms with Gasteiger partial charge in [-0.05, 0) is 23.3 Å². The molecule has 2 aromatic rings. The SMILES string of the molecule is CNC(=O)NC(=O)[C@@H](SCc1ccc(Cl)cc1)c1ccccc1. The predicted octanol–water partition coefficient (Wildman–Crippen LogP) is 3.77. The zero-order chi connectivity index (χ0) is 16.7. The minimum absolute atomic E-state index is 0.338. The van der Waals surface area contributed by atoms with Crippen LogP contribution in [0.15, 0.2) is 54.6 Å². The molecule has 0 heterocycles. The fraction of sp³-hybridized carbons (Fsp3) is 0.176. The highest BCUT2D eigenvalue weighted by molar-refractivity contribution is 7.99. The Morgan fingerprint density at radius 1 is 1.09 bits per heavy atom. The van der Waals surface area contributed by atoms with Crippen molar-refractivity contribution in [3.63, 3.8) is 0 Å². The monoisotopic (exact) mass is 348 g/mol. The highest BCUT2D eigenvalue weighted by Crippen LogP contribution is 2.32. The molecule has 0 bridgehead atoms. The first-order chi connectivity index (χ1) is 11.1. The Hall–Kier alpha value is -1.98. The van der Waals surface area contributed by atoms with Gasteiger partial charge in [-0.1, -0.05) is 54.1 Å². The summed E-state index contributed by atoms with van der Waals surface area (Å²) in [7, 11) is 1.47. The van der Waals surface area contributed by atoms with Crippen LogP contribution >= 0.6 is 23.4 Å². The first-order valence-corrected chi connectivity index (χ1v) is 8.46. The smallest absolute Gasteiger partial charge is 0.321 e. The summed E-state index contributed by atoms with van der Waals surface area (Å²) in [5, 5.41) is 4.94. The molecule has 0 aliphatic carbocycles. The molecule has 0 radical (unpaired) electrons. The van der Waals surface area contributed by atoms with Gasteiger partial charge in [0.05, 0.1) is 0 Å². The lowest BCUT2D eigenvalue weighted by molar-refractivity contribution is -0.119. The minimum Gasteiger partial charge on any atom is -0.341 e. The van der Waals surface area contributed by atoms with Gasteiger partial charge in [0.25, 0.3) is 0 Å². The second-order valence-corrected chi connectivity index (χ2v) is 6.33. The molecule has 3 amide bonds. The largest absolute Gasteiger partial charge is 0.341 e. The van der Waals surface area contributed by atoms with Crippen LogP contribution in [0.4, 0.5) is 4.79 Å². The number of imide groups is 1. The van der Waals surface area contributed by atoms with Crippen molar-refractivity contribution in [2.45, 2.75) is 11.0 Å². The summed E-state index contributed by atoms with van der Waals surface area (Å²) in [5.41, 5.74) is 1.92. The summed E-state index contributed by atoms with van der Waals surface area (Å²) in [6.07, 6.45) is 0. The fourth-order valence-electron chi connectivity index (χ4n) is 1.95. The fourth-order valence-corrected chi connectivity index (χ4v) is 3.19. The second-order valence-electron chi connectivity index (χ2n) is 4.80. The zero-order valence-electron chi connectivity index (χ0n) is 12.6. The lowest BCUT2D eigenvalue weighted by Crippen LogP contribution is -2.39. The molecule has 0 aromatic heterocycles. The van der Waals surface area contributed by atoms with Crippen molar-refractivity contribution in [2.24, 2.45) is 0 Å². The highest BCUT2D eigenvalue weighted by Gasteiger charge is 2.22. The topological polar surface area (TPSA) is 58.2 Å². The summed E-state index contributed by atoms with van der Waals surface area (Å²) in [6.45, 7) is 0. The van der Waals surface area contributed by atoms with Crippen molar-refractivity contribution in [3.8, 4) is 0 Å². The summed E-state index contributed by atoms with van der Waals surface area (Å²) < 4.78 is 0. The van der Waals surface area contributed by atoms with Crippen LogP contribution in [0.3, 0.4) is 0 Å². The molecule has 0 unspecified atom stereocenters. The zero-order valence-corrected chi connectivity index (χ0v) is 14.2. The van der Waals surface area contributed by atoms with E-state index in [0.29, 0.717) is 10.8 Å². The van der Waals surface area contributed by atoms with Gasteiger partial charge < -0.3 is 5.32 Å². The van der Waals surface area contributed by atoms with Crippen LogP contribution in [-0.2, 0) is 10.5 Å². The molecule has 2 rings (SSSR count). The standard InChI is InChI=1S/C17H17ClN2O2S/c1-19-17(22)20-16(21)15(13-5-3-2-4-6-13)23-11-12-7-9-14(18)10-8-12/h2-10,15H,11H2,1H3,(H2,19,20,21,22)/t15-/m0/s1. The van der Waals surface area contributed by atoms with E-state index < -0.39 is 11.3 Å². The van der Waals surface area contributed by atoms with Crippen LogP contribution in [0.25, 0.3) is 0 Å². The van der Waals surface area contributed by atoms with E-state index in [1.54, 1.807) is 0 Å². The van der Waals surface area contributed by atoms with Gasteiger partial charge in [0.1, 0.15) is 5.25 Å². The van der Waals surface area contributed by atoms with Crippen LogP contribution in [0.1, 0.15) is 16.4 Å². The number of thioether (sulfide) groups is 1. The maximum Gasteiger partial charge on any atom is 0.321 e. The van der Waals surface area contributed by atoms with E-state index in [-0.39, 0.29) is 5.91 Å². The number of rotatable bonds is 5. The first kappa shape index (κ1) is 17.4. The second kappa shape index (κ2) is 8.60. The molecule has 0 spiro atoms. The molecule has 0 saturated heterocycles. The Bertz CT molecular complexity index is 662. The number of nitrogens with one attached hydrogen (secondary N) is 2. The summed E-state index contributed by atoms with van der Waals surface area (Å²) in [4.78, 5) is 23.8. The number of amides is 3. The van der Waals surface area contributed by atoms with Gasteiger partial charge in [0.15, 0.2) is 0 Å². The van der Waals surface area contributed by atoms with Crippen molar-refractivity contribution in [3.05, 3.63) is 70.7 Å². The van der Waals surface area contributed by atoms with Crippen LogP contribution < -0.4 is 10.6 Å². The normalized spacial score (nSPS) is 11.6. The third-order valence-electron chi connectivity index (χ3n) is 3.13. The lowest BCUT2D eigenvalue weighted by atomic mass is 10.1. The van der Waals surface area contributed by atoms with E-state index in [1.807, 2.05) is 54.6 Å². The van der Waals surface area contributed by atoms with Crippen LogP contribution in [0.5, 0.6) is 0 Å². The van der Waals surface area contributed by atoms with Crippen molar-refractivity contribution < 1.29 is 9.59 Å². The molecule has 0 aliphatic heterocycles. The molecule has 2 N–H and O–H groups in total. The molecule has 2 aromatic carbocycles. The number of urea groups is 1. The van der Waals surface area contributed by atoms with Crippen molar-refractivity contribution in [2.75, 3.05) is 7.05 Å². The van der Waals surface area contributed by atoms with E-state index in [9.17, 15) is 9.59 Å². The molecule has 23 heavy (non-hydrogen) atoms. The third-order valence-corrected chi connectivity index (χ3v) is 4.71. The predicted molar refractivity (Wildman–Crippen MR) is 94.5 cm³/mol. The lowest BCUT2D eigenvalue weighted by Gasteiger charge is -2.16. The van der Waals surface area contributed by atoms with Gasteiger partial charge in [-0.25, -0.2) is 4.79 Å². The van der Waals surface area contributed by atoms with E-state index in [1.165, 1.54) is 18.8 Å². The van der Waals surface area contributed by atoms with E-state index in [4.69, 9.17) is 11.6 Å². The van der Waals surface area contributed by atoms with Gasteiger partial charge >= 0.3 is 6.03 Å².